The molecule has 1 fully saturated rings. The standard InChI is InChI=1S/C36H38O4/c1-3-32-26(2)34(38-24-28-17-9-5-10-18-28)36(39-25-29-19-11-6-12-20-29)35(40-32)33(37)31-22-14-13-21-30(31)23-27-15-7-4-8-16-27/h4-22,26,32,34-36H,3,23-25H2,1-2H3/t26-,32-,34+,35+,36-/m1/s1. The van der Waals surface area contributed by atoms with Crippen LogP contribution < -0.4 is 0 Å². The van der Waals surface area contributed by atoms with Crippen molar-refractivity contribution in [2.24, 2.45) is 5.92 Å². The lowest BCUT2D eigenvalue weighted by atomic mass is 9.83. The van der Waals surface area contributed by atoms with E-state index in [1.165, 1.54) is 0 Å². The van der Waals surface area contributed by atoms with Crippen LogP contribution in [0.2, 0.25) is 0 Å². The van der Waals surface area contributed by atoms with Crippen LogP contribution >= 0.6 is 0 Å². The number of Topliss-reactive ketones (excluding diaryl/α,β-unsaturated/α-hetero) is 1. The molecule has 4 aromatic carbocycles. The Balaban J connectivity index is 1.46. The third-order valence-corrected chi connectivity index (χ3v) is 7.80. The maximum Gasteiger partial charge on any atom is 0.194 e. The minimum absolute atomic E-state index is 0.0525. The van der Waals surface area contributed by atoms with Gasteiger partial charge in [-0.3, -0.25) is 4.79 Å². The average Bonchev–Trinajstić information content (AvgIpc) is 3.01. The molecule has 0 unspecified atom stereocenters. The van der Waals surface area contributed by atoms with Gasteiger partial charge in [0.2, 0.25) is 0 Å². The molecular weight excluding hydrogens is 496 g/mol. The molecule has 0 amide bonds. The SMILES string of the molecule is CC[C@H]1O[C@@H](C(=O)c2ccccc2Cc2ccccc2)[C@H](OCc2ccccc2)[C@@H](OCc2ccccc2)[C@@H]1C. The molecule has 206 valence electrons. The molecule has 4 heteroatoms. The van der Waals surface area contributed by atoms with E-state index in [-0.39, 0.29) is 23.9 Å². The predicted octanol–water partition coefficient (Wildman–Crippen LogP) is 7.44. The normalized spacial score (nSPS) is 22.6. The van der Waals surface area contributed by atoms with Crippen molar-refractivity contribution in [3.8, 4) is 0 Å². The smallest absolute Gasteiger partial charge is 0.194 e. The zero-order valence-electron chi connectivity index (χ0n) is 23.3. The topological polar surface area (TPSA) is 44.8 Å². The first-order chi connectivity index (χ1) is 19.6. The fourth-order valence-electron chi connectivity index (χ4n) is 5.60. The van der Waals surface area contributed by atoms with Gasteiger partial charge in [-0.1, -0.05) is 129 Å². The second-order valence-corrected chi connectivity index (χ2v) is 10.6. The van der Waals surface area contributed by atoms with Crippen molar-refractivity contribution in [3.05, 3.63) is 143 Å². The van der Waals surface area contributed by atoms with Crippen LogP contribution in [-0.2, 0) is 33.8 Å². The monoisotopic (exact) mass is 534 g/mol. The van der Waals surface area contributed by atoms with Crippen molar-refractivity contribution in [1.29, 1.82) is 0 Å². The molecular formula is C36H38O4. The molecule has 0 spiro atoms. The van der Waals surface area contributed by atoms with Crippen molar-refractivity contribution in [2.75, 3.05) is 0 Å². The minimum atomic E-state index is -0.775. The van der Waals surface area contributed by atoms with Crippen molar-refractivity contribution in [2.45, 2.75) is 64.3 Å². The minimum Gasteiger partial charge on any atom is -0.370 e. The number of carbonyl (C=O) groups is 1. The summed E-state index contributed by atoms with van der Waals surface area (Å²) in [4.78, 5) is 14.4. The number of carbonyl (C=O) groups excluding carboxylic acids is 1. The number of ether oxygens (including phenoxy) is 3. The van der Waals surface area contributed by atoms with Gasteiger partial charge in [-0.15, -0.1) is 0 Å². The Hall–Kier alpha value is -3.57. The largest absolute Gasteiger partial charge is 0.370 e. The molecule has 1 aliphatic rings. The number of ketones is 1. The summed E-state index contributed by atoms with van der Waals surface area (Å²) in [7, 11) is 0. The van der Waals surface area contributed by atoms with Gasteiger partial charge in [0, 0.05) is 11.5 Å². The Morgan fingerprint density at radius 3 is 1.75 bits per heavy atom. The van der Waals surface area contributed by atoms with Gasteiger partial charge in [0.05, 0.1) is 25.4 Å². The quantitative estimate of drug-likeness (QED) is 0.188. The van der Waals surface area contributed by atoms with Crippen LogP contribution in [0, 0.1) is 5.92 Å². The maximum atomic E-state index is 14.4. The van der Waals surface area contributed by atoms with E-state index in [2.05, 4.69) is 38.1 Å². The maximum absolute atomic E-state index is 14.4. The lowest BCUT2D eigenvalue weighted by Gasteiger charge is -2.45. The molecule has 0 radical (unpaired) electrons. The van der Waals surface area contributed by atoms with Gasteiger partial charge in [-0.05, 0) is 35.1 Å². The van der Waals surface area contributed by atoms with Gasteiger partial charge < -0.3 is 14.2 Å². The summed E-state index contributed by atoms with van der Waals surface area (Å²) < 4.78 is 19.8. The van der Waals surface area contributed by atoms with Gasteiger partial charge in [-0.2, -0.15) is 0 Å². The Morgan fingerprint density at radius 1 is 0.675 bits per heavy atom. The molecule has 0 aliphatic carbocycles. The molecule has 4 nitrogen and oxygen atoms in total. The van der Waals surface area contributed by atoms with E-state index >= 15 is 0 Å². The molecule has 1 heterocycles. The molecule has 1 saturated heterocycles. The van der Waals surface area contributed by atoms with E-state index in [4.69, 9.17) is 14.2 Å². The summed E-state index contributed by atoms with van der Waals surface area (Å²) >= 11 is 0. The van der Waals surface area contributed by atoms with E-state index in [0.717, 1.165) is 28.7 Å². The Labute approximate surface area is 237 Å². The Bertz CT molecular complexity index is 1340. The first-order valence-corrected chi connectivity index (χ1v) is 14.3. The summed E-state index contributed by atoms with van der Waals surface area (Å²) in [6.45, 7) is 5.07. The van der Waals surface area contributed by atoms with E-state index < -0.39 is 12.2 Å². The van der Waals surface area contributed by atoms with Gasteiger partial charge in [0.15, 0.2) is 5.78 Å². The highest BCUT2D eigenvalue weighted by atomic mass is 16.6. The van der Waals surface area contributed by atoms with Gasteiger partial charge in [0.25, 0.3) is 0 Å². The zero-order valence-corrected chi connectivity index (χ0v) is 23.3. The third-order valence-electron chi connectivity index (χ3n) is 7.80. The number of hydrogen-bond acceptors (Lipinski definition) is 4. The van der Waals surface area contributed by atoms with E-state index in [1.807, 2.05) is 91.0 Å². The lowest BCUT2D eigenvalue weighted by Crippen LogP contribution is -2.58. The number of rotatable bonds is 11. The van der Waals surface area contributed by atoms with Crippen LogP contribution in [0.15, 0.2) is 115 Å². The molecule has 0 N–H and O–H groups in total. The predicted molar refractivity (Wildman–Crippen MR) is 158 cm³/mol. The Kier molecular flexibility index (Phi) is 9.56. The summed E-state index contributed by atoms with van der Waals surface area (Å²) in [6.07, 6.45) is -0.299. The van der Waals surface area contributed by atoms with Crippen LogP contribution in [0.5, 0.6) is 0 Å². The highest BCUT2D eigenvalue weighted by Crippen LogP contribution is 2.35. The van der Waals surface area contributed by atoms with Crippen molar-refractivity contribution < 1.29 is 19.0 Å². The second kappa shape index (κ2) is 13.7. The molecule has 0 bridgehead atoms. The first kappa shape index (κ1) is 28.0. The molecule has 1 aliphatic heterocycles. The Morgan fingerprint density at radius 2 is 1.18 bits per heavy atom. The van der Waals surface area contributed by atoms with Crippen LogP contribution in [0.1, 0.15) is 52.9 Å². The molecule has 40 heavy (non-hydrogen) atoms. The number of hydrogen-bond donors (Lipinski definition) is 0. The summed E-state index contributed by atoms with van der Waals surface area (Å²) in [6, 6.07) is 38.3. The fraction of sp³-hybridized carbons (Fsp3) is 0.306. The van der Waals surface area contributed by atoms with E-state index in [1.54, 1.807) is 0 Å². The van der Waals surface area contributed by atoms with Crippen LogP contribution in [0.25, 0.3) is 0 Å². The highest BCUT2D eigenvalue weighted by Gasteiger charge is 2.48. The van der Waals surface area contributed by atoms with Crippen molar-refractivity contribution in [3.63, 3.8) is 0 Å². The summed E-state index contributed by atoms with van der Waals surface area (Å²) in [5.41, 5.74) is 4.96. The fourth-order valence-corrected chi connectivity index (χ4v) is 5.60. The second-order valence-electron chi connectivity index (χ2n) is 10.6. The van der Waals surface area contributed by atoms with Gasteiger partial charge in [-0.25, -0.2) is 0 Å². The van der Waals surface area contributed by atoms with Crippen LogP contribution in [0.4, 0.5) is 0 Å². The molecule has 5 atom stereocenters. The third kappa shape index (κ3) is 6.76. The summed E-state index contributed by atoms with van der Waals surface area (Å²) in [5, 5.41) is 0. The molecule has 0 saturated carbocycles. The van der Waals surface area contributed by atoms with E-state index in [9.17, 15) is 4.79 Å². The lowest BCUT2D eigenvalue weighted by molar-refractivity contribution is -0.218. The van der Waals surface area contributed by atoms with Gasteiger partial charge >= 0.3 is 0 Å². The van der Waals surface area contributed by atoms with Gasteiger partial charge in [0.1, 0.15) is 12.2 Å². The van der Waals surface area contributed by atoms with Crippen LogP contribution in [-0.4, -0.2) is 30.2 Å². The molecule has 5 rings (SSSR count). The van der Waals surface area contributed by atoms with Crippen LogP contribution in [0.3, 0.4) is 0 Å². The van der Waals surface area contributed by atoms with Crippen molar-refractivity contribution >= 4 is 5.78 Å². The first-order valence-electron chi connectivity index (χ1n) is 14.3. The molecule has 4 aromatic rings. The van der Waals surface area contributed by atoms with Crippen molar-refractivity contribution in [1.82, 2.24) is 0 Å². The highest BCUT2D eigenvalue weighted by molar-refractivity contribution is 6.01. The van der Waals surface area contributed by atoms with E-state index in [0.29, 0.717) is 25.2 Å². The number of benzene rings is 4. The molecule has 0 aromatic heterocycles. The summed E-state index contributed by atoms with van der Waals surface area (Å²) in [5.74, 6) is 0.00125. The zero-order chi connectivity index (χ0) is 27.7. The average molecular weight is 535 g/mol.